The van der Waals surface area contributed by atoms with Crippen molar-refractivity contribution >= 4 is 0 Å². The fraction of sp³-hybridized carbons (Fsp3) is 0.294. The van der Waals surface area contributed by atoms with Gasteiger partial charge in [-0.05, 0) is 49.2 Å². The third kappa shape index (κ3) is 3.58. The molecule has 2 aromatic carbocycles. The smallest absolute Gasteiger partial charge is 0.123 e. The lowest BCUT2D eigenvalue weighted by Crippen LogP contribution is -2.24. The van der Waals surface area contributed by atoms with Crippen molar-refractivity contribution in [1.29, 1.82) is 0 Å². The molecule has 0 bridgehead atoms. The summed E-state index contributed by atoms with van der Waals surface area (Å²) in [7, 11) is 0. The summed E-state index contributed by atoms with van der Waals surface area (Å²) >= 11 is 0. The summed E-state index contributed by atoms with van der Waals surface area (Å²) in [5.74, 6) is 0.469. The zero-order chi connectivity index (χ0) is 14.6. The fourth-order valence-electron chi connectivity index (χ4n) is 2.19. The van der Waals surface area contributed by atoms with Crippen LogP contribution in [0, 0.1) is 5.82 Å². The average Bonchev–Trinajstić information content (AvgIpc) is 2.42. The van der Waals surface area contributed by atoms with E-state index in [9.17, 15) is 9.50 Å². The normalized spacial score (nSPS) is 13.8. The second-order valence-electron chi connectivity index (χ2n) is 5.04. The lowest BCUT2D eigenvalue weighted by atomic mass is 9.89. The zero-order valence-corrected chi connectivity index (χ0v) is 11.8. The molecule has 0 fully saturated rings. The van der Waals surface area contributed by atoms with Crippen LogP contribution in [-0.4, -0.2) is 11.7 Å². The SMILES string of the molecule is CCOc1cccc(C(C)(O)Cc2ccc(F)cc2)c1. The van der Waals surface area contributed by atoms with Crippen LogP contribution in [0.1, 0.15) is 25.0 Å². The van der Waals surface area contributed by atoms with Crippen LogP contribution in [0.25, 0.3) is 0 Å². The van der Waals surface area contributed by atoms with Crippen LogP contribution >= 0.6 is 0 Å². The first-order chi connectivity index (χ1) is 9.51. The molecule has 2 aromatic rings. The molecule has 0 aliphatic heterocycles. The second kappa shape index (κ2) is 6.06. The van der Waals surface area contributed by atoms with Crippen LogP contribution in [0.2, 0.25) is 0 Å². The first-order valence-corrected chi connectivity index (χ1v) is 6.71. The molecule has 0 aromatic heterocycles. The van der Waals surface area contributed by atoms with E-state index in [0.717, 1.165) is 16.9 Å². The van der Waals surface area contributed by atoms with Gasteiger partial charge < -0.3 is 9.84 Å². The highest BCUT2D eigenvalue weighted by Crippen LogP contribution is 2.28. The molecule has 0 aliphatic rings. The maximum absolute atomic E-state index is 12.9. The van der Waals surface area contributed by atoms with Crippen molar-refractivity contribution in [1.82, 2.24) is 0 Å². The van der Waals surface area contributed by atoms with Crippen LogP contribution in [0.15, 0.2) is 48.5 Å². The largest absolute Gasteiger partial charge is 0.494 e. The van der Waals surface area contributed by atoms with Gasteiger partial charge in [0.1, 0.15) is 11.6 Å². The Kier molecular flexibility index (Phi) is 4.40. The van der Waals surface area contributed by atoms with Gasteiger partial charge in [-0.3, -0.25) is 0 Å². The van der Waals surface area contributed by atoms with E-state index in [2.05, 4.69) is 0 Å². The van der Waals surface area contributed by atoms with Crippen molar-refractivity contribution in [3.8, 4) is 5.75 Å². The van der Waals surface area contributed by atoms with E-state index in [0.29, 0.717) is 13.0 Å². The Bertz CT molecular complexity index is 561. The molecule has 0 aliphatic carbocycles. The van der Waals surface area contributed by atoms with Crippen molar-refractivity contribution in [3.05, 3.63) is 65.5 Å². The minimum Gasteiger partial charge on any atom is -0.494 e. The Morgan fingerprint density at radius 2 is 1.85 bits per heavy atom. The Labute approximate surface area is 118 Å². The fourth-order valence-corrected chi connectivity index (χ4v) is 2.19. The van der Waals surface area contributed by atoms with Gasteiger partial charge in [0.2, 0.25) is 0 Å². The molecule has 0 amide bonds. The maximum atomic E-state index is 12.9. The third-order valence-electron chi connectivity index (χ3n) is 3.23. The van der Waals surface area contributed by atoms with E-state index >= 15 is 0 Å². The Balaban J connectivity index is 2.20. The minimum absolute atomic E-state index is 0.272. The highest BCUT2D eigenvalue weighted by atomic mass is 19.1. The van der Waals surface area contributed by atoms with Gasteiger partial charge in [0, 0.05) is 6.42 Å². The van der Waals surface area contributed by atoms with E-state index in [1.54, 1.807) is 19.1 Å². The third-order valence-corrected chi connectivity index (χ3v) is 3.23. The quantitative estimate of drug-likeness (QED) is 0.901. The van der Waals surface area contributed by atoms with Crippen LogP contribution in [0.3, 0.4) is 0 Å². The summed E-state index contributed by atoms with van der Waals surface area (Å²) in [6.07, 6.45) is 0.420. The van der Waals surface area contributed by atoms with Crippen molar-refractivity contribution in [2.24, 2.45) is 0 Å². The molecule has 0 saturated heterocycles. The van der Waals surface area contributed by atoms with Crippen LogP contribution in [0.5, 0.6) is 5.75 Å². The zero-order valence-electron chi connectivity index (χ0n) is 11.8. The standard InChI is InChI=1S/C17H19FO2/c1-3-20-16-6-4-5-14(11-16)17(2,19)12-13-7-9-15(18)10-8-13/h4-11,19H,3,12H2,1-2H3. The summed E-state index contributed by atoms with van der Waals surface area (Å²) in [5.41, 5.74) is 0.649. The predicted molar refractivity (Wildman–Crippen MR) is 77.3 cm³/mol. The summed E-state index contributed by atoms with van der Waals surface area (Å²) in [4.78, 5) is 0. The van der Waals surface area contributed by atoms with Gasteiger partial charge in [0.05, 0.1) is 12.2 Å². The monoisotopic (exact) mass is 274 g/mol. The number of benzene rings is 2. The van der Waals surface area contributed by atoms with Gasteiger partial charge in [-0.15, -0.1) is 0 Å². The molecule has 106 valence electrons. The van der Waals surface area contributed by atoms with Gasteiger partial charge in [-0.25, -0.2) is 4.39 Å². The summed E-state index contributed by atoms with van der Waals surface area (Å²) in [6, 6.07) is 13.6. The van der Waals surface area contributed by atoms with Gasteiger partial charge >= 0.3 is 0 Å². The molecule has 2 nitrogen and oxygen atoms in total. The first-order valence-electron chi connectivity index (χ1n) is 6.71. The average molecular weight is 274 g/mol. The van der Waals surface area contributed by atoms with E-state index in [4.69, 9.17) is 4.74 Å². The predicted octanol–water partition coefficient (Wildman–Crippen LogP) is 3.67. The van der Waals surface area contributed by atoms with Gasteiger partial charge in [-0.2, -0.15) is 0 Å². The second-order valence-corrected chi connectivity index (χ2v) is 5.04. The Morgan fingerprint density at radius 1 is 1.15 bits per heavy atom. The summed E-state index contributed by atoms with van der Waals surface area (Å²) in [6.45, 7) is 4.26. The van der Waals surface area contributed by atoms with Crippen molar-refractivity contribution in [3.63, 3.8) is 0 Å². The van der Waals surface area contributed by atoms with E-state index < -0.39 is 5.60 Å². The topological polar surface area (TPSA) is 29.5 Å². The van der Waals surface area contributed by atoms with Crippen LogP contribution < -0.4 is 4.74 Å². The number of hydrogen-bond donors (Lipinski definition) is 1. The van der Waals surface area contributed by atoms with Crippen molar-refractivity contribution in [2.45, 2.75) is 25.9 Å². The molecule has 1 atom stereocenters. The molecule has 2 rings (SSSR count). The highest BCUT2D eigenvalue weighted by Gasteiger charge is 2.24. The Morgan fingerprint density at radius 3 is 2.50 bits per heavy atom. The van der Waals surface area contributed by atoms with E-state index in [1.165, 1.54) is 12.1 Å². The molecular formula is C17H19FO2. The first kappa shape index (κ1) is 14.5. The maximum Gasteiger partial charge on any atom is 0.123 e. The molecule has 1 unspecified atom stereocenters. The van der Waals surface area contributed by atoms with Gasteiger partial charge in [0.15, 0.2) is 0 Å². The molecule has 20 heavy (non-hydrogen) atoms. The lowest BCUT2D eigenvalue weighted by molar-refractivity contribution is 0.0573. The molecule has 0 saturated carbocycles. The molecule has 0 spiro atoms. The number of ether oxygens (including phenoxy) is 1. The van der Waals surface area contributed by atoms with E-state index in [-0.39, 0.29) is 5.82 Å². The molecular weight excluding hydrogens is 255 g/mol. The number of aliphatic hydroxyl groups is 1. The van der Waals surface area contributed by atoms with Crippen molar-refractivity contribution < 1.29 is 14.2 Å². The summed E-state index contributed by atoms with van der Waals surface area (Å²) in [5, 5.41) is 10.7. The number of halogens is 1. The highest BCUT2D eigenvalue weighted by molar-refractivity contribution is 5.33. The minimum atomic E-state index is -1.02. The van der Waals surface area contributed by atoms with E-state index in [1.807, 2.05) is 31.2 Å². The molecule has 1 N–H and O–H groups in total. The molecule has 3 heteroatoms. The molecule has 0 heterocycles. The summed E-state index contributed by atoms with van der Waals surface area (Å²) < 4.78 is 18.3. The van der Waals surface area contributed by atoms with Gasteiger partial charge in [-0.1, -0.05) is 24.3 Å². The number of rotatable bonds is 5. The van der Waals surface area contributed by atoms with Crippen LogP contribution in [-0.2, 0) is 12.0 Å². The van der Waals surface area contributed by atoms with Gasteiger partial charge in [0.25, 0.3) is 0 Å². The lowest BCUT2D eigenvalue weighted by Gasteiger charge is -2.24. The van der Waals surface area contributed by atoms with Crippen molar-refractivity contribution in [2.75, 3.05) is 6.61 Å². The number of hydrogen-bond acceptors (Lipinski definition) is 2. The molecule has 0 radical (unpaired) electrons. The van der Waals surface area contributed by atoms with Crippen LogP contribution in [0.4, 0.5) is 4.39 Å². The Hall–Kier alpha value is -1.87.